The number of hydrogen-bond acceptors (Lipinski definition) is 4. The van der Waals surface area contributed by atoms with Gasteiger partial charge in [-0.15, -0.1) is 0 Å². The summed E-state index contributed by atoms with van der Waals surface area (Å²) in [6.45, 7) is 1.73. The van der Waals surface area contributed by atoms with Crippen molar-refractivity contribution >= 4 is 22.6 Å². The fourth-order valence-corrected chi connectivity index (χ4v) is 1.69. The standard InChI is InChI=1S/C9H11ClN4O/c1-9(15,3-11)5-2-12-8-6(5)7(10)13-4-14-8/h2,4,15H,3,11H2,1H3,(H,12,13,14). The number of rotatable bonds is 2. The summed E-state index contributed by atoms with van der Waals surface area (Å²) in [7, 11) is 0. The monoisotopic (exact) mass is 226 g/mol. The molecule has 0 aliphatic carbocycles. The first-order valence-corrected chi connectivity index (χ1v) is 4.84. The third kappa shape index (κ3) is 1.58. The molecular formula is C9H11ClN4O. The third-order valence-corrected chi connectivity index (χ3v) is 2.69. The van der Waals surface area contributed by atoms with Crippen LogP contribution >= 0.6 is 11.6 Å². The Balaban J connectivity index is 2.73. The summed E-state index contributed by atoms with van der Waals surface area (Å²) in [6, 6.07) is 0. The summed E-state index contributed by atoms with van der Waals surface area (Å²) in [5.41, 5.74) is 5.57. The SMILES string of the molecule is CC(O)(CN)c1c[nH]c2ncnc(Cl)c12. The number of halogens is 1. The number of nitrogens with two attached hydrogens (primary N) is 1. The molecule has 1 atom stereocenters. The van der Waals surface area contributed by atoms with Gasteiger partial charge in [0.2, 0.25) is 0 Å². The molecule has 0 fully saturated rings. The zero-order valence-electron chi connectivity index (χ0n) is 8.16. The van der Waals surface area contributed by atoms with Gasteiger partial charge in [-0.1, -0.05) is 11.6 Å². The highest BCUT2D eigenvalue weighted by molar-refractivity contribution is 6.34. The predicted octanol–water partition coefficient (Wildman–Crippen LogP) is 0.777. The second-order valence-electron chi connectivity index (χ2n) is 3.57. The molecule has 80 valence electrons. The molecular weight excluding hydrogens is 216 g/mol. The number of H-pyrrole nitrogens is 1. The minimum Gasteiger partial charge on any atom is -0.384 e. The second-order valence-corrected chi connectivity index (χ2v) is 3.93. The molecule has 5 nitrogen and oxygen atoms in total. The summed E-state index contributed by atoms with van der Waals surface area (Å²) in [5.74, 6) is 0. The van der Waals surface area contributed by atoms with E-state index in [1.807, 2.05) is 0 Å². The molecule has 2 aromatic rings. The number of nitrogens with zero attached hydrogens (tertiary/aromatic N) is 2. The number of aromatic nitrogens is 3. The van der Waals surface area contributed by atoms with Crippen molar-refractivity contribution in [2.75, 3.05) is 6.54 Å². The molecule has 0 saturated heterocycles. The van der Waals surface area contributed by atoms with E-state index in [0.717, 1.165) is 0 Å². The summed E-state index contributed by atoms with van der Waals surface area (Å²) in [6.07, 6.45) is 3.01. The van der Waals surface area contributed by atoms with Crippen LogP contribution < -0.4 is 5.73 Å². The molecule has 0 bridgehead atoms. The van der Waals surface area contributed by atoms with E-state index in [0.29, 0.717) is 21.7 Å². The van der Waals surface area contributed by atoms with Crippen molar-refractivity contribution in [3.05, 3.63) is 23.2 Å². The Hall–Kier alpha value is -1.17. The smallest absolute Gasteiger partial charge is 0.142 e. The van der Waals surface area contributed by atoms with Crippen LogP contribution in [0.15, 0.2) is 12.5 Å². The van der Waals surface area contributed by atoms with Crippen molar-refractivity contribution in [3.8, 4) is 0 Å². The summed E-state index contributed by atoms with van der Waals surface area (Å²) in [4.78, 5) is 10.8. The Morgan fingerprint density at radius 1 is 1.60 bits per heavy atom. The van der Waals surface area contributed by atoms with Crippen molar-refractivity contribution in [2.24, 2.45) is 5.73 Å². The van der Waals surface area contributed by atoms with Crippen molar-refractivity contribution < 1.29 is 5.11 Å². The molecule has 6 heteroatoms. The maximum atomic E-state index is 10.0. The predicted molar refractivity (Wildman–Crippen MR) is 57.5 cm³/mol. The Labute approximate surface area is 91.3 Å². The highest BCUT2D eigenvalue weighted by Gasteiger charge is 2.26. The quantitative estimate of drug-likeness (QED) is 0.661. The first-order valence-electron chi connectivity index (χ1n) is 4.47. The Morgan fingerprint density at radius 2 is 2.33 bits per heavy atom. The van der Waals surface area contributed by atoms with Crippen LogP contribution in [0.25, 0.3) is 11.0 Å². The number of aromatic amines is 1. The molecule has 15 heavy (non-hydrogen) atoms. The van der Waals surface area contributed by atoms with Gasteiger partial charge in [-0.2, -0.15) is 0 Å². The van der Waals surface area contributed by atoms with Crippen LogP contribution in [-0.2, 0) is 5.60 Å². The lowest BCUT2D eigenvalue weighted by atomic mass is 9.97. The van der Waals surface area contributed by atoms with Gasteiger partial charge < -0.3 is 15.8 Å². The second kappa shape index (κ2) is 3.44. The first kappa shape index (κ1) is 10.4. The number of nitrogens with one attached hydrogen (secondary N) is 1. The van der Waals surface area contributed by atoms with E-state index in [4.69, 9.17) is 17.3 Å². The fraction of sp³-hybridized carbons (Fsp3) is 0.333. The zero-order valence-corrected chi connectivity index (χ0v) is 8.91. The number of fused-ring (bicyclic) bond motifs is 1. The minimum absolute atomic E-state index is 0.102. The molecule has 0 aromatic carbocycles. The highest BCUT2D eigenvalue weighted by Crippen LogP contribution is 2.30. The number of hydrogen-bond donors (Lipinski definition) is 3. The molecule has 0 aliphatic rings. The fourth-order valence-electron chi connectivity index (χ4n) is 1.46. The molecule has 2 heterocycles. The van der Waals surface area contributed by atoms with Crippen LogP contribution in [0.3, 0.4) is 0 Å². The lowest BCUT2D eigenvalue weighted by Crippen LogP contribution is -2.31. The van der Waals surface area contributed by atoms with Gasteiger partial charge >= 0.3 is 0 Å². The Bertz CT molecular complexity index is 494. The van der Waals surface area contributed by atoms with Crippen LogP contribution in [0.1, 0.15) is 12.5 Å². The zero-order chi connectivity index (χ0) is 11.1. The topological polar surface area (TPSA) is 87.8 Å². The van der Waals surface area contributed by atoms with E-state index in [2.05, 4.69) is 15.0 Å². The molecule has 0 aliphatic heterocycles. The average molecular weight is 227 g/mol. The molecule has 0 amide bonds. The highest BCUT2D eigenvalue weighted by atomic mass is 35.5. The van der Waals surface area contributed by atoms with E-state index >= 15 is 0 Å². The van der Waals surface area contributed by atoms with Crippen LogP contribution in [0.4, 0.5) is 0 Å². The van der Waals surface area contributed by atoms with Crippen LogP contribution in [0.5, 0.6) is 0 Å². The van der Waals surface area contributed by atoms with E-state index in [9.17, 15) is 5.11 Å². The van der Waals surface area contributed by atoms with Gasteiger partial charge in [0.25, 0.3) is 0 Å². The van der Waals surface area contributed by atoms with Gasteiger partial charge in [-0.25, -0.2) is 9.97 Å². The Morgan fingerprint density at radius 3 is 3.00 bits per heavy atom. The van der Waals surface area contributed by atoms with Gasteiger partial charge in [0.1, 0.15) is 22.7 Å². The normalized spacial score (nSPS) is 15.5. The van der Waals surface area contributed by atoms with Gasteiger partial charge in [0, 0.05) is 18.3 Å². The van der Waals surface area contributed by atoms with Gasteiger partial charge in [-0.05, 0) is 6.92 Å². The third-order valence-electron chi connectivity index (χ3n) is 2.40. The lowest BCUT2D eigenvalue weighted by Gasteiger charge is -2.20. The van der Waals surface area contributed by atoms with Crippen molar-refractivity contribution in [1.82, 2.24) is 15.0 Å². The maximum absolute atomic E-state index is 10.0. The van der Waals surface area contributed by atoms with Crippen molar-refractivity contribution in [3.63, 3.8) is 0 Å². The Kier molecular flexibility index (Phi) is 2.38. The van der Waals surface area contributed by atoms with Gasteiger partial charge in [0.15, 0.2) is 0 Å². The summed E-state index contributed by atoms with van der Waals surface area (Å²) in [5, 5.41) is 11.0. The first-order chi connectivity index (χ1) is 7.06. The maximum Gasteiger partial charge on any atom is 0.142 e. The van der Waals surface area contributed by atoms with E-state index in [-0.39, 0.29) is 6.54 Å². The molecule has 2 aromatic heterocycles. The molecule has 0 radical (unpaired) electrons. The van der Waals surface area contributed by atoms with Crippen molar-refractivity contribution in [2.45, 2.75) is 12.5 Å². The average Bonchev–Trinajstić information content (AvgIpc) is 2.63. The molecule has 1 unspecified atom stereocenters. The van der Waals surface area contributed by atoms with E-state index in [1.54, 1.807) is 13.1 Å². The summed E-state index contributed by atoms with van der Waals surface area (Å²) >= 11 is 5.94. The van der Waals surface area contributed by atoms with Gasteiger partial charge in [0.05, 0.1) is 5.39 Å². The van der Waals surface area contributed by atoms with Gasteiger partial charge in [-0.3, -0.25) is 0 Å². The molecule has 2 rings (SSSR count). The lowest BCUT2D eigenvalue weighted by molar-refractivity contribution is 0.0684. The number of aliphatic hydroxyl groups is 1. The van der Waals surface area contributed by atoms with Crippen LogP contribution in [0.2, 0.25) is 5.15 Å². The largest absolute Gasteiger partial charge is 0.384 e. The molecule has 4 N–H and O–H groups in total. The minimum atomic E-state index is -1.13. The van der Waals surface area contributed by atoms with Crippen LogP contribution in [-0.4, -0.2) is 26.6 Å². The van der Waals surface area contributed by atoms with E-state index in [1.165, 1.54) is 6.33 Å². The summed E-state index contributed by atoms with van der Waals surface area (Å²) < 4.78 is 0. The molecule has 0 saturated carbocycles. The molecule has 0 spiro atoms. The van der Waals surface area contributed by atoms with E-state index < -0.39 is 5.60 Å². The van der Waals surface area contributed by atoms with Crippen LogP contribution in [0, 0.1) is 0 Å². The van der Waals surface area contributed by atoms with Crippen molar-refractivity contribution in [1.29, 1.82) is 0 Å².